The maximum atomic E-state index is 6.22. The van der Waals surface area contributed by atoms with Crippen LogP contribution in [0.3, 0.4) is 0 Å². The van der Waals surface area contributed by atoms with Gasteiger partial charge in [-0.3, -0.25) is 0 Å². The molecule has 0 saturated carbocycles. The highest BCUT2D eigenvalue weighted by Gasteiger charge is 2.49. The molecule has 102 valence electrons. The van der Waals surface area contributed by atoms with E-state index in [1.54, 1.807) is 0 Å². The third-order valence-corrected chi connectivity index (χ3v) is 3.93. The quantitative estimate of drug-likeness (QED) is 0.794. The summed E-state index contributed by atoms with van der Waals surface area (Å²) in [6.07, 6.45) is 2.35. The van der Waals surface area contributed by atoms with Crippen molar-refractivity contribution in [2.45, 2.75) is 78.6 Å². The van der Waals surface area contributed by atoms with Crippen LogP contribution in [0.5, 0.6) is 0 Å². The predicted octanol–water partition coefficient (Wildman–Crippen LogP) is 3.60. The Hall–Kier alpha value is -0.0800. The topological polar surface area (TPSA) is 21.3 Å². The van der Waals surface area contributed by atoms with Crippen molar-refractivity contribution in [2.75, 3.05) is 6.54 Å². The number of nitrogens with one attached hydrogen (secondary N) is 1. The van der Waals surface area contributed by atoms with Crippen LogP contribution in [0.2, 0.25) is 0 Å². The highest BCUT2D eigenvalue weighted by Crippen LogP contribution is 2.44. The third kappa shape index (κ3) is 3.69. The lowest BCUT2D eigenvalue weighted by atomic mass is 9.77. The van der Waals surface area contributed by atoms with Gasteiger partial charge in [-0.1, -0.05) is 20.8 Å². The Bertz CT molecular complexity index is 245. The SMILES string of the molecule is CCCNC(C(C)C)C1CC(C)(C)OC1(C)C. The van der Waals surface area contributed by atoms with Crippen LogP contribution in [0.4, 0.5) is 0 Å². The van der Waals surface area contributed by atoms with E-state index >= 15 is 0 Å². The van der Waals surface area contributed by atoms with Crippen molar-refractivity contribution in [1.29, 1.82) is 0 Å². The first-order valence-electron chi connectivity index (χ1n) is 7.13. The van der Waals surface area contributed by atoms with Gasteiger partial charge in [0.25, 0.3) is 0 Å². The standard InChI is InChI=1S/C15H31NO/c1-8-9-16-13(11(2)3)12-10-14(4,5)17-15(12,6)7/h11-13,16H,8-10H2,1-7H3. The second-order valence-corrected chi connectivity index (χ2v) is 7.00. The molecule has 0 aromatic rings. The first kappa shape index (κ1) is 15.0. The van der Waals surface area contributed by atoms with Crippen LogP contribution < -0.4 is 5.32 Å². The molecule has 0 radical (unpaired) electrons. The number of rotatable bonds is 5. The molecular weight excluding hydrogens is 210 g/mol. The van der Waals surface area contributed by atoms with Gasteiger partial charge in [0, 0.05) is 12.0 Å². The monoisotopic (exact) mass is 241 g/mol. The Morgan fingerprint density at radius 1 is 1.24 bits per heavy atom. The van der Waals surface area contributed by atoms with Crippen LogP contribution in [-0.4, -0.2) is 23.8 Å². The van der Waals surface area contributed by atoms with Gasteiger partial charge in [-0.15, -0.1) is 0 Å². The minimum absolute atomic E-state index is 0.0147. The first-order chi connectivity index (χ1) is 7.69. The molecule has 2 atom stereocenters. The lowest BCUT2D eigenvalue weighted by Crippen LogP contribution is -2.47. The molecule has 1 aliphatic rings. The summed E-state index contributed by atoms with van der Waals surface area (Å²) in [6.45, 7) is 16.9. The van der Waals surface area contributed by atoms with E-state index in [0.717, 1.165) is 13.0 Å². The van der Waals surface area contributed by atoms with Gasteiger partial charge in [0.2, 0.25) is 0 Å². The summed E-state index contributed by atoms with van der Waals surface area (Å²) >= 11 is 0. The Morgan fingerprint density at radius 2 is 1.82 bits per heavy atom. The van der Waals surface area contributed by atoms with E-state index in [9.17, 15) is 0 Å². The minimum Gasteiger partial charge on any atom is -0.369 e. The van der Waals surface area contributed by atoms with E-state index in [4.69, 9.17) is 4.74 Å². The fourth-order valence-corrected chi connectivity index (χ4v) is 3.32. The van der Waals surface area contributed by atoms with Crippen molar-refractivity contribution < 1.29 is 4.74 Å². The average molecular weight is 241 g/mol. The van der Waals surface area contributed by atoms with Crippen molar-refractivity contribution in [3.63, 3.8) is 0 Å². The van der Waals surface area contributed by atoms with Crippen LogP contribution in [-0.2, 0) is 4.74 Å². The van der Waals surface area contributed by atoms with Crippen LogP contribution in [0.1, 0.15) is 61.3 Å². The summed E-state index contributed by atoms with van der Waals surface area (Å²) in [5.74, 6) is 1.26. The number of hydrogen-bond donors (Lipinski definition) is 1. The van der Waals surface area contributed by atoms with Gasteiger partial charge in [0.15, 0.2) is 0 Å². The van der Waals surface area contributed by atoms with Crippen LogP contribution in [0.15, 0.2) is 0 Å². The van der Waals surface area contributed by atoms with Crippen molar-refractivity contribution in [3.8, 4) is 0 Å². The molecule has 2 heteroatoms. The minimum atomic E-state index is -0.0147. The molecule has 0 bridgehead atoms. The van der Waals surface area contributed by atoms with E-state index in [1.807, 2.05) is 0 Å². The summed E-state index contributed by atoms with van der Waals surface area (Å²) in [6, 6.07) is 0.562. The van der Waals surface area contributed by atoms with Crippen molar-refractivity contribution in [3.05, 3.63) is 0 Å². The lowest BCUT2D eigenvalue weighted by molar-refractivity contribution is -0.0791. The van der Waals surface area contributed by atoms with E-state index in [2.05, 4.69) is 53.8 Å². The summed E-state index contributed by atoms with van der Waals surface area (Å²) in [5, 5.41) is 3.72. The van der Waals surface area contributed by atoms with Crippen molar-refractivity contribution in [2.24, 2.45) is 11.8 Å². The maximum Gasteiger partial charge on any atom is 0.0677 e. The smallest absolute Gasteiger partial charge is 0.0677 e. The summed E-state index contributed by atoms with van der Waals surface area (Å²) in [5.41, 5.74) is 0.00831. The Labute approximate surface area is 108 Å². The van der Waals surface area contributed by atoms with Crippen LogP contribution >= 0.6 is 0 Å². The molecule has 1 rings (SSSR count). The molecular formula is C15H31NO. The predicted molar refractivity (Wildman–Crippen MR) is 74.3 cm³/mol. The normalized spacial score (nSPS) is 28.6. The van der Waals surface area contributed by atoms with Crippen LogP contribution in [0, 0.1) is 11.8 Å². The fraction of sp³-hybridized carbons (Fsp3) is 1.00. The van der Waals surface area contributed by atoms with Crippen molar-refractivity contribution in [1.82, 2.24) is 5.32 Å². The molecule has 1 heterocycles. The molecule has 2 unspecified atom stereocenters. The molecule has 1 aliphatic heterocycles. The molecule has 0 aromatic carbocycles. The van der Waals surface area contributed by atoms with E-state index < -0.39 is 0 Å². The molecule has 0 spiro atoms. The third-order valence-electron chi connectivity index (χ3n) is 3.93. The van der Waals surface area contributed by atoms with Crippen molar-refractivity contribution >= 4 is 0 Å². The van der Waals surface area contributed by atoms with Gasteiger partial charge in [-0.05, 0) is 53.0 Å². The van der Waals surface area contributed by atoms with Crippen LogP contribution in [0.25, 0.3) is 0 Å². The highest BCUT2D eigenvalue weighted by atomic mass is 16.5. The number of ether oxygens (including phenoxy) is 1. The van der Waals surface area contributed by atoms with Gasteiger partial charge in [0.05, 0.1) is 11.2 Å². The second-order valence-electron chi connectivity index (χ2n) is 7.00. The largest absolute Gasteiger partial charge is 0.369 e. The van der Waals surface area contributed by atoms with Gasteiger partial charge in [-0.2, -0.15) is 0 Å². The molecule has 1 N–H and O–H groups in total. The van der Waals surface area contributed by atoms with Gasteiger partial charge >= 0.3 is 0 Å². The zero-order valence-electron chi connectivity index (χ0n) is 12.8. The van der Waals surface area contributed by atoms with Gasteiger partial charge < -0.3 is 10.1 Å². The molecule has 0 aromatic heterocycles. The lowest BCUT2D eigenvalue weighted by Gasteiger charge is -2.36. The van der Waals surface area contributed by atoms with E-state index in [0.29, 0.717) is 17.9 Å². The zero-order chi connectivity index (χ0) is 13.3. The summed E-state index contributed by atoms with van der Waals surface area (Å²) in [7, 11) is 0. The Kier molecular flexibility index (Phi) is 4.65. The van der Waals surface area contributed by atoms with Gasteiger partial charge in [0.1, 0.15) is 0 Å². The summed E-state index contributed by atoms with van der Waals surface area (Å²) < 4.78 is 6.22. The highest BCUT2D eigenvalue weighted by molar-refractivity contribution is 5.00. The molecule has 2 nitrogen and oxygen atoms in total. The fourth-order valence-electron chi connectivity index (χ4n) is 3.32. The molecule has 0 aliphatic carbocycles. The molecule has 17 heavy (non-hydrogen) atoms. The van der Waals surface area contributed by atoms with Gasteiger partial charge in [-0.25, -0.2) is 0 Å². The Balaban J connectivity index is 2.80. The molecule has 1 saturated heterocycles. The number of hydrogen-bond acceptors (Lipinski definition) is 2. The molecule has 0 amide bonds. The molecule has 1 fully saturated rings. The van der Waals surface area contributed by atoms with E-state index in [1.165, 1.54) is 6.42 Å². The maximum absolute atomic E-state index is 6.22. The average Bonchev–Trinajstić information content (AvgIpc) is 2.35. The second kappa shape index (κ2) is 5.27. The van der Waals surface area contributed by atoms with E-state index in [-0.39, 0.29) is 11.2 Å². The summed E-state index contributed by atoms with van der Waals surface area (Å²) in [4.78, 5) is 0. The Morgan fingerprint density at radius 3 is 2.18 bits per heavy atom. The zero-order valence-corrected chi connectivity index (χ0v) is 12.8. The first-order valence-corrected chi connectivity index (χ1v) is 7.13.